The van der Waals surface area contributed by atoms with E-state index in [2.05, 4.69) is 44.8 Å². The van der Waals surface area contributed by atoms with Crippen LogP contribution in [0.4, 0.5) is 24.5 Å². The van der Waals surface area contributed by atoms with Gasteiger partial charge < -0.3 is 5.11 Å². The zero-order valence-corrected chi connectivity index (χ0v) is 23.1. The van der Waals surface area contributed by atoms with Crippen molar-refractivity contribution in [1.82, 2.24) is 0 Å². The first-order valence-electron chi connectivity index (χ1n) is 12.1. The highest BCUT2D eigenvalue weighted by Gasteiger charge is 2.37. The van der Waals surface area contributed by atoms with Crippen molar-refractivity contribution in [3.05, 3.63) is 87.9 Å². The Morgan fingerprint density at radius 1 is 0.757 bits per heavy atom. The molecule has 198 valence electrons. The summed E-state index contributed by atoms with van der Waals surface area (Å²) in [5, 5.41) is 19.8. The zero-order chi connectivity index (χ0) is 27.8. The Hall–Kier alpha value is -2.86. The standard InChI is InChI=1S/C30H34ClF3N2O/c1-27(2,3)18-28(4,5)21-14-16-23(26(37)25(21)29(6,7)19-11-9-8-10-12-19)35-36-24-17-20(30(32,33)34)13-15-22(24)31/h8-17,37H,18H2,1-7H3. The van der Waals surface area contributed by atoms with Gasteiger partial charge in [-0.05, 0) is 52.6 Å². The van der Waals surface area contributed by atoms with Gasteiger partial charge in [0, 0.05) is 11.0 Å². The van der Waals surface area contributed by atoms with E-state index in [1.54, 1.807) is 6.07 Å². The van der Waals surface area contributed by atoms with Crippen LogP contribution in [0.25, 0.3) is 0 Å². The van der Waals surface area contributed by atoms with Crippen LogP contribution in [0.2, 0.25) is 5.02 Å². The number of alkyl halides is 3. The normalized spacial score (nSPS) is 13.4. The summed E-state index contributed by atoms with van der Waals surface area (Å²) in [6.07, 6.45) is -3.68. The summed E-state index contributed by atoms with van der Waals surface area (Å²) in [5.41, 5.74) is 0.982. The van der Waals surface area contributed by atoms with Crippen molar-refractivity contribution in [3.8, 4) is 5.75 Å². The Morgan fingerprint density at radius 3 is 1.92 bits per heavy atom. The number of aromatic hydroxyl groups is 1. The molecule has 7 heteroatoms. The molecule has 0 saturated carbocycles. The number of phenols is 1. The zero-order valence-electron chi connectivity index (χ0n) is 22.3. The smallest absolute Gasteiger partial charge is 0.416 e. The fourth-order valence-corrected chi connectivity index (χ4v) is 5.31. The number of hydrogen-bond donors (Lipinski definition) is 1. The van der Waals surface area contributed by atoms with Crippen molar-refractivity contribution in [3.63, 3.8) is 0 Å². The third kappa shape index (κ3) is 6.53. The second-order valence-electron chi connectivity index (χ2n) is 11.8. The number of halogens is 4. The molecule has 0 atom stereocenters. The molecule has 3 aromatic rings. The predicted octanol–water partition coefficient (Wildman–Crippen LogP) is 10.5. The molecule has 3 nitrogen and oxygen atoms in total. The summed E-state index contributed by atoms with van der Waals surface area (Å²) in [6, 6.07) is 16.3. The lowest BCUT2D eigenvalue weighted by molar-refractivity contribution is -0.137. The molecule has 0 aliphatic rings. The molecule has 0 bridgehead atoms. The highest BCUT2D eigenvalue weighted by molar-refractivity contribution is 6.33. The molecule has 3 aromatic carbocycles. The molecule has 0 fully saturated rings. The van der Waals surface area contributed by atoms with E-state index in [1.807, 2.05) is 50.2 Å². The fourth-order valence-electron chi connectivity index (χ4n) is 5.15. The van der Waals surface area contributed by atoms with Crippen LogP contribution < -0.4 is 0 Å². The predicted molar refractivity (Wildman–Crippen MR) is 144 cm³/mol. The molecule has 3 rings (SSSR count). The van der Waals surface area contributed by atoms with Gasteiger partial charge in [-0.3, -0.25) is 0 Å². The molecular weight excluding hydrogens is 497 g/mol. The lowest BCUT2D eigenvalue weighted by Gasteiger charge is -2.38. The Bertz CT molecular complexity index is 1290. The number of hydrogen-bond acceptors (Lipinski definition) is 3. The maximum Gasteiger partial charge on any atom is 0.416 e. The van der Waals surface area contributed by atoms with E-state index >= 15 is 0 Å². The van der Waals surface area contributed by atoms with Crippen LogP contribution in [-0.4, -0.2) is 5.11 Å². The van der Waals surface area contributed by atoms with Crippen LogP contribution >= 0.6 is 11.6 Å². The monoisotopic (exact) mass is 530 g/mol. The van der Waals surface area contributed by atoms with E-state index in [0.29, 0.717) is 5.56 Å². The van der Waals surface area contributed by atoms with Gasteiger partial charge in [0.1, 0.15) is 17.1 Å². The van der Waals surface area contributed by atoms with Crippen LogP contribution in [0.15, 0.2) is 70.9 Å². The third-order valence-electron chi connectivity index (χ3n) is 6.52. The van der Waals surface area contributed by atoms with E-state index < -0.39 is 17.2 Å². The number of nitrogens with zero attached hydrogens (tertiary/aromatic N) is 2. The first-order valence-corrected chi connectivity index (χ1v) is 12.5. The van der Waals surface area contributed by atoms with Crippen LogP contribution in [0.1, 0.15) is 77.1 Å². The highest BCUT2D eigenvalue weighted by atomic mass is 35.5. The van der Waals surface area contributed by atoms with Gasteiger partial charge >= 0.3 is 6.18 Å². The summed E-state index contributed by atoms with van der Waals surface area (Å²) >= 11 is 6.10. The summed E-state index contributed by atoms with van der Waals surface area (Å²) in [4.78, 5) is 0. The minimum atomic E-state index is -4.54. The van der Waals surface area contributed by atoms with Gasteiger partial charge in [-0.2, -0.15) is 13.2 Å². The van der Waals surface area contributed by atoms with Gasteiger partial charge in [0.25, 0.3) is 0 Å². The maximum atomic E-state index is 13.2. The Morgan fingerprint density at radius 2 is 1.35 bits per heavy atom. The van der Waals surface area contributed by atoms with Gasteiger partial charge in [0.2, 0.25) is 0 Å². The minimum Gasteiger partial charge on any atom is -0.505 e. The molecular formula is C30H34ClF3N2O. The third-order valence-corrected chi connectivity index (χ3v) is 6.84. The molecule has 0 aliphatic carbocycles. The first kappa shape index (κ1) is 28.7. The summed E-state index contributed by atoms with van der Waals surface area (Å²) < 4.78 is 39.6. The van der Waals surface area contributed by atoms with E-state index in [-0.39, 0.29) is 33.0 Å². The largest absolute Gasteiger partial charge is 0.505 e. The second kappa shape index (κ2) is 10.1. The molecule has 0 amide bonds. The number of phenolic OH excluding ortho intramolecular Hbond substituents is 1. The summed E-state index contributed by atoms with van der Waals surface area (Å²) in [5.74, 6) is -0.0554. The van der Waals surface area contributed by atoms with Gasteiger partial charge in [-0.15, -0.1) is 10.2 Å². The molecule has 0 aliphatic heterocycles. The molecule has 1 N–H and O–H groups in total. The highest BCUT2D eigenvalue weighted by Crippen LogP contribution is 2.49. The van der Waals surface area contributed by atoms with Gasteiger partial charge in [-0.25, -0.2) is 0 Å². The van der Waals surface area contributed by atoms with Crippen molar-refractivity contribution >= 4 is 23.0 Å². The molecule has 0 aromatic heterocycles. The molecule has 0 heterocycles. The van der Waals surface area contributed by atoms with E-state index in [1.165, 1.54) is 0 Å². The minimum absolute atomic E-state index is 0.0315. The van der Waals surface area contributed by atoms with Crippen molar-refractivity contribution in [2.75, 3.05) is 0 Å². The molecule has 0 radical (unpaired) electrons. The first-order chi connectivity index (χ1) is 16.9. The quantitative estimate of drug-likeness (QED) is 0.316. The maximum absolute atomic E-state index is 13.2. The van der Waals surface area contributed by atoms with Crippen LogP contribution in [0.5, 0.6) is 5.75 Å². The van der Waals surface area contributed by atoms with Crippen molar-refractivity contribution in [2.24, 2.45) is 15.6 Å². The van der Waals surface area contributed by atoms with Crippen molar-refractivity contribution in [2.45, 2.75) is 71.9 Å². The fraction of sp³-hybridized carbons (Fsp3) is 0.400. The number of rotatable bonds is 6. The molecule has 0 saturated heterocycles. The Balaban J connectivity index is 2.21. The molecule has 0 unspecified atom stereocenters. The van der Waals surface area contributed by atoms with Crippen LogP contribution in [-0.2, 0) is 17.0 Å². The number of azo groups is 1. The molecule has 0 spiro atoms. The second-order valence-corrected chi connectivity index (χ2v) is 12.2. The van der Waals surface area contributed by atoms with Gasteiger partial charge in [-0.1, -0.05) is 96.5 Å². The average Bonchev–Trinajstić information content (AvgIpc) is 2.77. The van der Waals surface area contributed by atoms with Crippen LogP contribution in [0.3, 0.4) is 0 Å². The average molecular weight is 531 g/mol. The van der Waals surface area contributed by atoms with E-state index in [4.69, 9.17) is 11.6 Å². The van der Waals surface area contributed by atoms with E-state index in [0.717, 1.165) is 35.7 Å². The molecule has 37 heavy (non-hydrogen) atoms. The van der Waals surface area contributed by atoms with Crippen molar-refractivity contribution in [1.29, 1.82) is 0 Å². The lowest BCUT2D eigenvalue weighted by Crippen LogP contribution is -2.30. The topological polar surface area (TPSA) is 45.0 Å². The SMILES string of the molecule is CC(C)(C)CC(C)(C)c1ccc(N=Nc2cc(C(F)(F)F)ccc2Cl)c(O)c1C(C)(C)c1ccccc1. The van der Waals surface area contributed by atoms with Gasteiger partial charge in [0.05, 0.1) is 10.6 Å². The Labute approximate surface area is 222 Å². The summed E-state index contributed by atoms with van der Waals surface area (Å²) in [7, 11) is 0. The van der Waals surface area contributed by atoms with Gasteiger partial charge in [0.15, 0.2) is 0 Å². The number of benzene rings is 3. The lowest BCUT2D eigenvalue weighted by atomic mass is 9.66. The van der Waals surface area contributed by atoms with E-state index in [9.17, 15) is 18.3 Å². The van der Waals surface area contributed by atoms with Crippen molar-refractivity contribution < 1.29 is 18.3 Å². The summed E-state index contributed by atoms with van der Waals surface area (Å²) in [6.45, 7) is 14.9. The van der Waals surface area contributed by atoms with Crippen LogP contribution in [0, 0.1) is 5.41 Å². The Kier molecular flexibility index (Phi) is 7.86.